The van der Waals surface area contributed by atoms with Gasteiger partial charge in [-0.2, -0.15) is 13.2 Å². The van der Waals surface area contributed by atoms with Crippen LogP contribution in [0, 0.1) is 0 Å². The summed E-state index contributed by atoms with van der Waals surface area (Å²) in [6, 6.07) is -0.502. The van der Waals surface area contributed by atoms with Crippen molar-refractivity contribution in [1.82, 2.24) is 10.6 Å². The fourth-order valence-corrected chi connectivity index (χ4v) is 0.863. The summed E-state index contributed by atoms with van der Waals surface area (Å²) >= 11 is 0. The van der Waals surface area contributed by atoms with Crippen LogP contribution in [-0.4, -0.2) is 32.4 Å². The molecule has 0 aliphatic rings. The highest BCUT2D eigenvalue weighted by molar-refractivity contribution is 4.65. The number of hydrogen-bond donors (Lipinski definition) is 2. The van der Waals surface area contributed by atoms with Gasteiger partial charge in [-0.1, -0.05) is 0 Å². The molecule has 1 unspecified atom stereocenters. The predicted molar refractivity (Wildman–Crippen MR) is 42.1 cm³/mol. The molecule has 0 aromatic carbocycles. The van der Waals surface area contributed by atoms with Crippen molar-refractivity contribution in [2.75, 3.05) is 20.1 Å². The van der Waals surface area contributed by atoms with E-state index in [1.807, 2.05) is 0 Å². The van der Waals surface area contributed by atoms with Crippen LogP contribution in [-0.2, 0) is 0 Å². The molecule has 12 heavy (non-hydrogen) atoms. The van der Waals surface area contributed by atoms with Gasteiger partial charge in [0, 0.05) is 19.1 Å². The molecule has 0 bridgehead atoms. The Kier molecular flexibility index (Phi) is 5.24. The van der Waals surface area contributed by atoms with Gasteiger partial charge in [0.1, 0.15) is 0 Å². The summed E-state index contributed by atoms with van der Waals surface area (Å²) in [6.45, 7) is 2.78. The second kappa shape index (κ2) is 5.37. The van der Waals surface area contributed by atoms with E-state index in [4.69, 9.17) is 0 Å². The minimum absolute atomic E-state index is 0.502. The van der Waals surface area contributed by atoms with E-state index < -0.39 is 18.6 Å². The zero-order chi connectivity index (χ0) is 9.61. The van der Waals surface area contributed by atoms with Crippen molar-refractivity contribution in [2.45, 2.75) is 25.6 Å². The van der Waals surface area contributed by atoms with Crippen LogP contribution >= 0.6 is 0 Å². The van der Waals surface area contributed by atoms with Gasteiger partial charge in [-0.3, -0.25) is 0 Å². The second-order valence-corrected chi connectivity index (χ2v) is 2.78. The highest BCUT2D eigenvalue weighted by atomic mass is 19.4. The summed E-state index contributed by atoms with van der Waals surface area (Å²) in [5.41, 5.74) is 0. The molecule has 2 N–H and O–H groups in total. The predicted octanol–water partition coefficient (Wildman–Crippen LogP) is 1.14. The Bertz CT molecular complexity index is 114. The van der Waals surface area contributed by atoms with E-state index in [1.54, 1.807) is 7.05 Å². The Morgan fingerprint density at radius 2 is 1.83 bits per heavy atom. The first-order valence-corrected chi connectivity index (χ1v) is 3.90. The fourth-order valence-electron chi connectivity index (χ4n) is 0.863. The van der Waals surface area contributed by atoms with Crippen molar-refractivity contribution >= 4 is 0 Å². The SMILES string of the molecule is CNCCNC(C)CC(F)(F)F. The Balaban J connectivity index is 3.40. The molecule has 0 heterocycles. The van der Waals surface area contributed by atoms with Gasteiger partial charge in [-0.25, -0.2) is 0 Å². The average molecular weight is 184 g/mol. The van der Waals surface area contributed by atoms with Crippen LogP contribution in [0.4, 0.5) is 13.2 Å². The molecule has 0 radical (unpaired) electrons. The van der Waals surface area contributed by atoms with Crippen LogP contribution in [0.15, 0.2) is 0 Å². The van der Waals surface area contributed by atoms with Gasteiger partial charge >= 0.3 is 6.18 Å². The molecule has 0 aromatic rings. The van der Waals surface area contributed by atoms with E-state index in [-0.39, 0.29) is 0 Å². The average Bonchev–Trinajstić information content (AvgIpc) is 1.84. The maximum Gasteiger partial charge on any atom is 0.390 e. The van der Waals surface area contributed by atoms with Gasteiger partial charge in [0.05, 0.1) is 6.42 Å². The van der Waals surface area contributed by atoms with E-state index in [0.29, 0.717) is 13.1 Å². The summed E-state index contributed by atoms with van der Waals surface area (Å²) in [7, 11) is 1.76. The lowest BCUT2D eigenvalue weighted by molar-refractivity contribution is -0.138. The summed E-state index contributed by atoms with van der Waals surface area (Å²) in [4.78, 5) is 0. The number of hydrogen-bond acceptors (Lipinski definition) is 2. The Morgan fingerprint density at radius 1 is 1.25 bits per heavy atom. The van der Waals surface area contributed by atoms with Crippen LogP contribution < -0.4 is 10.6 Å². The monoisotopic (exact) mass is 184 g/mol. The van der Waals surface area contributed by atoms with Gasteiger partial charge in [0.2, 0.25) is 0 Å². The molecular weight excluding hydrogens is 169 g/mol. The highest BCUT2D eigenvalue weighted by Crippen LogP contribution is 2.20. The topological polar surface area (TPSA) is 24.1 Å². The van der Waals surface area contributed by atoms with Crippen LogP contribution in [0.1, 0.15) is 13.3 Å². The van der Waals surface area contributed by atoms with E-state index in [2.05, 4.69) is 10.6 Å². The highest BCUT2D eigenvalue weighted by Gasteiger charge is 2.29. The molecule has 1 atom stereocenters. The summed E-state index contributed by atoms with van der Waals surface area (Å²) in [6.07, 6.45) is -4.83. The molecule has 0 aliphatic heterocycles. The van der Waals surface area contributed by atoms with Gasteiger partial charge in [0.15, 0.2) is 0 Å². The van der Waals surface area contributed by atoms with Crippen LogP contribution in [0.5, 0.6) is 0 Å². The second-order valence-electron chi connectivity index (χ2n) is 2.78. The van der Waals surface area contributed by atoms with E-state index in [0.717, 1.165) is 0 Å². The van der Waals surface area contributed by atoms with Gasteiger partial charge in [0.25, 0.3) is 0 Å². The van der Waals surface area contributed by atoms with Crippen LogP contribution in [0.2, 0.25) is 0 Å². The maximum atomic E-state index is 11.8. The number of alkyl halides is 3. The van der Waals surface area contributed by atoms with E-state index in [1.165, 1.54) is 6.92 Å². The number of halogens is 3. The van der Waals surface area contributed by atoms with Crippen molar-refractivity contribution in [3.05, 3.63) is 0 Å². The minimum atomic E-state index is -4.06. The fraction of sp³-hybridized carbons (Fsp3) is 1.00. The smallest absolute Gasteiger partial charge is 0.318 e. The molecule has 0 aromatic heterocycles. The molecule has 0 saturated heterocycles. The first-order chi connectivity index (χ1) is 5.45. The zero-order valence-corrected chi connectivity index (χ0v) is 7.33. The van der Waals surface area contributed by atoms with Crippen LogP contribution in [0.25, 0.3) is 0 Å². The van der Waals surface area contributed by atoms with Gasteiger partial charge < -0.3 is 10.6 Å². The number of rotatable bonds is 5. The third kappa shape index (κ3) is 7.81. The summed E-state index contributed by atoms with van der Waals surface area (Å²) in [5, 5.41) is 5.60. The Labute approximate surface area is 70.5 Å². The van der Waals surface area contributed by atoms with Crippen LogP contribution in [0.3, 0.4) is 0 Å². The maximum absolute atomic E-state index is 11.8. The van der Waals surface area contributed by atoms with Gasteiger partial charge in [-0.05, 0) is 14.0 Å². The summed E-state index contributed by atoms with van der Waals surface area (Å²) < 4.78 is 35.3. The molecule has 0 aliphatic carbocycles. The van der Waals surface area contributed by atoms with Crippen molar-refractivity contribution in [2.24, 2.45) is 0 Å². The molecule has 2 nitrogen and oxygen atoms in total. The Hall–Kier alpha value is -0.290. The quantitative estimate of drug-likeness (QED) is 0.626. The van der Waals surface area contributed by atoms with Crippen molar-refractivity contribution < 1.29 is 13.2 Å². The largest absolute Gasteiger partial charge is 0.390 e. The third-order valence-electron chi connectivity index (χ3n) is 1.41. The zero-order valence-electron chi connectivity index (χ0n) is 7.33. The molecule has 5 heteroatoms. The number of likely N-dealkylation sites (N-methyl/N-ethyl adjacent to an activating group) is 1. The van der Waals surface area contributed by atoms with Crippen molar-refractivity contribution in [1.29, 1.82) is 0 Å². The molecule has 0 rings (SSSR count). The minimum Gasteiger partial charge on any atom is -0.318 e. The van der Waals surface area contributed by atoms with Gasteiger partial charge in [-0.15, -0.1) is 0 Å². The standard InChI is InChI=1S/C7H15F3N2/c1-6(5-7(8,9)10)12-4-3-11-2/h6,11-12H,3-5H2,1-2H3. The molecule has 74 valence electrons. The third-order valence-corrected chi connectivity index (χ3v) is 1.41. The van der Waals surface area contributed by atoms with E-state index >= 15 is 0 Å². The lowest BCUT2D eigenvalue weighted by atomic mass is 10.2. The normalized spacial score (nSPS) is 14.8. The Morgan fingerprint density at radius 3 is 2.25 bits per heavy atom. The lowest BCUT2D eigenvalue weighted by Gasteiger charge is -2.15. The lowest BCUT2D eigenvalue weighted by Crippen LogP contribution is -2.35. The molecule has 0 fully saturated rings. The number of nitrogens with one attached hydrogen (secondary N) is 2. The van der Waals surface area contributed by atoms with Crippen molar-refractivity contribution in [3.63, 3.8) is 0 Å². The molecule has 0 amide bonds. The molecule has 0 saturated carbocycles. The summed E-state index contributed by atoms with van der Waals surface area (Å²) in [5.74, 6) is 0. The van der Waals surface area contributed by atoms with Crippen molar-refractivity contribution in [3.8, 4) is 0 Å². The first-order valence-electron chi connectivity index (χ1n) is 3.90. The molecule has 0 spiro atoms. The van der Waals surface area contributed by atoms with E-state index in [9.17, 15) is 13.2 Å². The first kappa shape index (κ1) is 11.7. The molecular formula is C7H15F3N2.